The van der Waals surface area contributed by atoms with Crippen molar-refractivity contribution >= 4 is 38.7 Å². The molecule has 1 aliphatic heterocycles. The average molecular weight is 476 g/mol. The van der Waals surface area contributed by atoms with Gasteiger partial charge in [-0.3, -0.25) is 4.79 Å². The smallest absolute Gasteiger partial charge is 0.219 e. The van der Waals surface area contributed by atoms with Crippen molar-refractivity contribution in [3.8, 4) is 0 Å². The predicted octanol–water partition coefficient (Wildman–Crippen LogP) is 1.98. The van der Waals surface area contributed by atoms with Gasteiger partial charge in [0, 0.05) is 45.1 Å². The third-order valence-electron chi connectivity index (χ3n) is 6.56. The van der Waals surface area contributed by atoms with Gasteiger partial charge >= 0.3 is 0 Å². The number of nitrogen functional groups attached to an aromatic ring is 1. The van der Waals surface area contributed by atoms with Crippen LogP contribution in [0.15, 0.2) is 6.08 Å². The second-order valence-corrected chi connectivity index (χ2v) is 11.1. The number of pyridine rings is 1. The molecule has 0 saturated carbocycles. The zero-order valence-electron chi connectivity index (χ0n) is 19.4. The van der Waals surface area contributed by atoms with Crippen molar-refractivity contribution in [2.75, 3.05) is 37.5 Å². The van der Waals surface area contributed by atoms with Gasteiger partial charge in [-0.15, -0.1) is 0 Å². The summed E-state index contributed by atoms with van der Waals surface area (Å²) in [5.41, 5.74) is 10.1. The molecule has 0 radical (unpaired) electrons. The number of ether oxygens (including phenoxy) is 1. The largest absolute Gasteiger partial charge is 0.384 e. The fraction of sp³-hybridized carbons (Fsp3) is 0.609. The molecule has 0 aromatic carbocycles. The summed E-state index contributed by atoms with van der Waals surface area (Å²) < 4.78 is 31.2. The number of imidazole rings is 1. The van der Waals surface area contributed by atoms with Crippen LogP contribution < -0.4 is 5.73 Å². The highest BCUT2D eigenvalue weighted by molar-refractivity contribution is 7.91. The van der Waals surface area contributed by atoms with Gasteiger partial charge in [0.15, 0.2) is 15.7 Å². The summed E-state index contributed by atoms with van der Waals surface area (Å²) in [5, 5.41) is 0. The number of amides is 1. The van der Waals surface area contributed by atoms with Gasteiger partial charge in [-0.25, -0.2) is 18.4 Å². The molecule has 1 aliphatic carbocycles. The number of anilines is 1. The number of carbonyl (C=O) groups excluding carboxylic acids is 1. The van der Waals surface area contributed by atoms with Crippen LogP contribution in [-0.2, 0) is 38.8 Å². The molecule has 1 saturated heterocycles. The normalized spacial score (nSPS) is 19.2. The van der Waals surface area contributed by atoms with Crippen LogP contribution in [-0.4, -0.2) is 71.6 Å². The standard InChI is InChI=1S/C23H33N5O4S/c1-16(29)27(17-10-14-33(30,31)15-17)11-5-6-12-28-20(9-13-32-2)26-21-22(28)18-7-3-4-8-19(18)25-23(21)24/h3,7,17H,4-6,8-15H2,1-2H3,(H2,24,25)/t17-/m1/s1. The van der Waals surface area contributed by atoms with Crippen LogP contribution in [0.1, 0.15) is 49.7 Å². The van der Waals surface area contributed by atoms with Gasteiger partial charge in [0.25, 0.3) is 0 Å². The zero-order valence-corrected chi connectivity index (χ0v) is 20.2. The molecule has 2 aliphatic rings. The second kappa shape index (κ2) is 9.80. The van der Waals surface area contributed by atoms with Gasteiger partial charge in [-0.1, -0.05) is 12.2 Å². The van der Waals surface area contributed by atoms with Gasteiger partial charge in [0.1, 0.15) is 11.3 Å². The summed E-state index contributed by atoms with van der Waals surface area (Å²) in [6.45, 7) is 3.36. The van der Waals surface area contributed by atoms with Crippen LogP contribution in [0.2, 0.25) is 0 Å². The lowest BCUT2D eigenvalue weighted by atomic mass is 10.0. The van der Waals surface area contributed by atoms with Gasteiger partial charge < -0.3 is 19.9 Å². The van der Waals surface area contributed by atoms with Crippen LogP contribution >= 0.6 is 0 Å². The number of hydrogen-bond acceptors (Lipinski definition) is 7. The number of allylic oxidation sites excluding steroid dienone is 1. The first-order valence-corrected chi connectivity index (χ1v) is 13.4. The molecule has 10 heteroatoms. The van der Waals surface area contributed by atoms with Gasteiger partial charge in [-0.05, 0) is 32.1 Å². The summed E-state index contributed by atoms with van der Waals surface area (Å²) in [6, 6.07) is -0.207. The Balaban J connectivity index is 1.53. The molecule has 1 atom stereocenters. The molecule has 33 heavy (non-hydrogen) atoms. The number of rotatable bonds is 9. The molecular weight excluding hydrogens is 442 g/mol. The number of nitrogens with zero attached hydrogens (tertiary/aromatic N) is 4. The van der Waals surface area contributed by atoms with Crippen LogP contribution in [0.5, 0.6) is 0 Å². The third kappa shape index (κ3) is 5.06. The predicted molar refractivity (Wildman–Crippen MR) is 129 cm³/mol. The lowest BCUT2D eigenvalue weighted by molar-refractivity contribution is -0.130. The van der Waals surface area contributed by atoms with Crippen LogP contribution in [0.4, 0.5) is 5.82 Å². The van der Waals surface area contributed by atoms with E-state index in [1.165, 1.54) is 6.92 Å². The molecule has 9 nitrogen and oxygen atoms in total. The van der Waals surface area contributed by atoms with E-state index in [1.807, 2.05) is 0 Å². The maximum absolute atomic E-state index is 12.2. The van der Waals surface area contributed by atoms with Crippen LogP contribution in [0.3, 0.4) is 0 Å². The molecule has 1 fully saturated rings. The minimum absolute atomic E-state index is 0.0657. The Hall–Kier alpha value is -2.46. The van der Waals surface area contributed by atoms with E-state index in [0.29, 0.717) is 31.8 Å². The summed E-state index contributed by atoms with van der Waals surface area (Å²) in [7, 11) is -1.36. The molecule has 2 N–H and O–H groups in total. The Bertz CT molecular complexity index is 1170. The Morgan fingerprint density at radius 3 is 2.85 bits per heavy atom. The quantitative estimate of drug-likeness (QED) is 0.551. The van der Waals surface area contributed by atoms with Gasteiger partial charge in [-0.2, -0.15) is 0 Å². The van der Waals surface area contributed by atoms with E-state index in [9.17, 15) is 13.2 Å². The summed E-state index contributed by atoms with van der Waals surface area (Å²) in [5.74, 6) is 1.55. The van der Waals surface area contributed by atoms with E-state index >= 15 is 0 Å². The first-order valence-electron chi connectivity index (χ1n) is 11.6. The lowest BCUT2D eigenvalue weighted by Crippen LogP contribution is -2.40. The summed E-state index contributed by atoms with van der Waals surface area (Å²) in [6.07, 6.45) is 8.89. The molecule has 180 valence electrons. The summed E-state index contributed by atoms with van der Waals surface area (Å²) >= 11 is 0. The lowest BCUT2D eigenvalue weighted by Gasteiger charge is -2.27. The van der Waals surface area contributed by atoms with Crippen molar-refractivity contribution in [1.82, 2.24) is 19.4 Å². The van der Waals surface area contributed by atoms with Crippen molar-refractivity contribution < 1.29 is 17.9 Å². The monoisotopic (exact) mass is 475 g/mol. The minimum atomic E-state index is -3.03. The highest BCUT2D eigenvalue weighted by Crippen LogP contribution is 2.31. The van der Waals surface area contributed by atoms with E-state index in [1.54, 1.807) is 12.0 Å². The minimum Gasteiger partial charge on any atom is -0.384 e. The second-order valence-electron chi connectivity index (χ2n) is 8.89. The van der Waals surface area contributed by atoms with Gasteiger partial charge in [0.2, 0.25) is 5.91 Å². The Labute approximate surface area is 194 Å². The third-order valence-corrected chi connectivity index (χ3v) is 8.31. The molecule has 0 bridgehead atoms. The molecule has 0 spiro atoms. The highest BCUT2D eigenvalue weighted by atomic mass is 32.2. The topological polar surface area (TPSA) is 120 Å². The van der Waals surface area contributed by atoms with Crippen molar-refractivity contribution in [3.05, 3.63) is 23.2 Å². The highest BCUT2D eigenvalue weighted by Gasteiger charge is 2.33. The van der Waals surface area contributed by atoms with E-state index in [4.69, 9.17) is 15.5 Å². The SMILES string of the molecule is COCCc1nc2c(N)nc3c(c2n1CCCCN(C(C)=O)[C@@H]1CCS(=O)(=O)C1)C=CCC3. The van der Waals surface area contributed by atoms with E-state index in [2.05, 4.69) is 21.7 Å². The van der Waals surface area contributed by atoms with Crippen LogP contribution in [0.25, 0.3) is 17.1 Å². The zero-order chi connectivity index (χ0) is 23.6. The Kier molecular flexibility index (Phi) is 7.04. The fourth-order valence-corrected chi connectivity index (χ4v) is 6.66. The van der Waals surface area contributed by atoms with Crippen molar-refractivity contribution in [2.24, 2.45) is 0 Å². The number of methoxy groups -OCH3 is 1. The Morgan fingerprint density at radius 2 is 2.15 bits per heavy atom. The molecule has 2 aromatic heterocycles. The molecule has 4 rings (SSSR count). The van der Waals surface area contributed by atoms with Gasteiger partial charge in [0.05, 0.1) is 29.3 Å². The number of carbonyl (C=O) groups is 1. The molecule has 2 aromatic rings. The molecule has 1 amide bonds. The molecular formula is C23H33N5O4S. The maximum Gasteiger partial charge on any atom is 0.219 e. The average Bonchev–Trinajstić information content (AvgIpc) is 3.32. The first-order chi connectivity index (χ1) is 15.8. The van der Waals surface area contributed by atoms with E-state index < -0.39 is 9.84 Å². The molecule has 3 heterocycles. The van der Waals surface area contributed by atoms with Crippen molar-refractivity contribution in [2.45, 2.75) is 58.0 Å². The Morgan fingerprint density at radius 1 is 1.33 bits per heavy atom. The number of nitrogens with two attached hydrogens (primary N) is 1. The molecule has 0 unspecified atom stereocenters. The number of unbranched alkanes of at least 4 members (excludes halogenated alkanes) is 1. The number of hydrogen-bond donors (Lipinski definition) is 1. The maximum atomic E-state index is 12.2. The number of aromatic nitrogens is 3. The fourth-order valence-electron chi connectivity index (χ4n) is 4.93. The number of fused-ring (bicyclic) bond motifs is 3. The summed E-state index contributed by atoms with van der Waals surface area (Å²) in [4.78, 5) is 23.3. The van der Waals surface area contributed by atoms with Crippen LogP contribution in [0, 0.1) is 0 Å². The van der Waals surface area contributed by atoms with E-state index in [-0.39, 0.29) is 23.5 Å². The number of aryl methyl sites for hydroxylation is 2. The first kappa shape index (κ1) is 23.7. The van der Waals surface area contributed by atoms with Crippen molar-refractivity contribution in [3.63, 3.8) is 0 Å². The van der Waals surface area contributed by atoms with Crippen molar-refractivity contribution in [1.29, 1.82) is 0 Å². The van der Waals surface area contributed by atoms with E-state index in [0.717, 1.165) is 60.3 Å². The number of sulfone groups is 1.